The van der Waals surface area contributed by atoms with Gasteiger partial charge in [-0.05, 0) is 11.8 Å². The van der Waals surface area contributed by atoms with E-state index in [-0.39, 0.29) is 0 Å². The van der Waals surface area contributed by atoms with Crippen LogP contribution in [0.5, 0.6) is 0 Å². The Morgan fingerprint density at radius 3 is 1.41 bits per heavy atom. The number of rotatable bonds is 6. The molecule has 0 aliphatic rings. The van der Waals surface area contributed by atoms with Crippen molar-refractivity contribution in [3.63, 3.8) is 0 Å². The molecule has 0 radical (unpaired) electrons. The van der Waals surface area contributed by atoms with Crippen LogP contribution in [0.4, 0.5) is 0 Å². The molecule has 0 aliphatic carbocycles. The maximum Gasteiger partial charge on any atom is 0.161 e. The lowest BCUT2D eigenvalue weighted by molar-refractivity contribution is 0.111. The number of benzene rings is 1. The lowest BCUT2D eigenvalue weighted by Crippen LogP contribution is -2.07. The summed E-state index contributed by atoms with van der Waals surface area (Å²) in [6, 6.07) is 0. The quantitative estimate of drug-likeness (QED) is 0.165. The van der Waals surface area contributed by atoms with E-state index in [0.717, 1.165) is 97.7 Å². The standard InChI is InChI=1S/C28H20Cl2N4O2S5/c1-9(2)5-33-19-13(23-21(33)27-25(39-23)15(29)11(7-35)37-27)17-18(32-41-31-17)14-20(19)34(6-10(3)4)22-24(14)40-26-16(30)12(8-36)38-28(22)26/h7-10H,5-6H2,1-4H3. The van der Waals surface area contributed by atoms with Crippen molar-refractivity contribution in [2.45, 2.75) is 40.8 Å². The fourth-order valence-electron chi connectivity index (χ4n) is 6.06. The SMILES string of the molecule is CC(C)Cn1c2c3sc(C=O)c(Cl)c3sc2c2c3nsnc3c3c4sc5c(Cl)c(C=O)sc5c4n(CC(C)C)c3c21. The Kier molecular flexibility index (Phi) is 5.94. The van der Waals surface area contributed by atoms with E-state index < -0.39 is 0 Å². The van der Waals surface area contributed by atoms with Crippen molar-refractivity contribution < 1.29 is 9.59 Å². The molecule has 6 nitrogen and oxygen atoms in total. The molecule has 0 atom stereocenters. The molecule has 0 bridgehead atoms. The zero-order valence-corrected chi connectivity index (χ0v) is 27.7. The molecule has 0 N–H and O–H groups in total. The molecule has 0 saturated carbocycles. The van der Waals surface area contributed by atoms with Crippen LogP contribution < -0.4 is 0 Å². The van der Waals surface area contributed by atoms with E-state index in [2.05, 4.69) is 36.8 Å². The van der Waals surface area contributed by atoms with Crippen molar-refractivity contribution in [1.82, 2.24) is 17.9 Å². The summed E-state index contributed by atoms with van der Waals surface area (Å²) in [6.45, 7) is 10.5. The fourth-order valence-corrected chi connectivity index (χ4v) is 12.6. The molecule has 13 heteroatoms. The zero-order valence-electron chi connectivity index (χ0n) is 22.1. The number of hydrogen-bond donors (Lipinski definition) is 0. The Balaban J connectivity index is 1.69. The molecule has 41 heavy (non-hydrogen) atoms. The second-order valence-electron chi connectivity index (χ2n) is 11.1. The lowest BCUT2D eigenvalue weighted by Gasteiger charge is -2.15. The van der Waals surface area contributed by atoms with E-state index in [1.54, 1.807) is 22.7 Å². The summed E-state index contributed by atoms with van der Waals surface area (Å²) in [5, 5.41) is 3.26. The molecule has 0 fully saturated rings. The van der Waals surface area contributed by atoms with E-state index in [1.165, 1.54) is 34.4 Å². The maximum absolute atomic E-state index is 11.8. The number of aldehydes is 2. The molecule has 0 aliphatic heterocycles. The monoisotopic (exact) mass is 674 g/mol. The molecule has 7 heterocycles. The molecular formula is C28H20Cl2N4O2S5. The number of thiophene rings is 4. The molecule has 8 aromatic rings. The van der Waals surface area contributed by atoms with E-state index in [9.17, 15) is 9.59 Å². The number of aromatic nitrogens is 4. The van der Waals surface area contributed by atoms with Crippen molar-refractivity contribution in [2.75, 3.05) is 0 Å². The molecule has 0 unspecified atom stereocenters. The van der Waals surface area contributed by atoms with Gasteiger partial charge in [0.1, 0.15) is 11.0 Å². The number of carbonyl (C=O) groups is 2. The minimum absolute atomic E-state index is 0.372. The van der Waals surface area contributed by atoms with Crippen molar-refractivity contribution in [2.24, 2.45) is 11.8 Å². The van der Waals surface area contributed by atoms with Crippen molar-refractivity contribution in [3.05, 3.63) is 19.8 Å². The van der Waals surface area contributed by atoms with Crippen LogP contribution in [0.15, 0.2) is 0 Å². The predicted molar refractivity (Wildman–Crippen MR) is 180 cm³/mol. The van der Waals surface area contributed by atoms with Crippen molar-refractivity contribution in [1.29, 1.82) is 0 Å². The van der Waals surface area contributed by atoms with Crippen molar-refractivity contribution in [3.8, 4) is 0 Å². The van der Waals surface area contributed by atoms with Gasteiger partial charge in [-0.15, -0.1) is 45.3 Å². The lowest BCUT2D eigenvalue weighted by atomic mass is 10.1. The topological polar surface area (TPSA) is 69.8 Å². The summed E-state index contributed by atoms with van der Waals surface area (Å²) in [5.74, 6) is 0.744. The summed E-state index contributed by atoms with van der Waals surface area (Å²) >= 11 is 20.9. The van der Waals surface area contributed by atoms with Crippen LogP contribution in [0.1, 0.15) is 47.0 Å². The minimum atomic E-state index is 0.372. The van der Waals surface area contributed by atoms with Crippen LogP contribution in [-0.2, 0) is 13.1 Å². The summed E-state index contributed by atoms with van der Waals surface area (Å²) in [4.78, 5) is 24.8. The Morgan fingerprint density at radius 1 is 0.634 bits per heavy atom. The third kappa shape index (κ3) is 3.39. The van der Waals surface area contributed by atoms with Gasteiger partial charge in [-0.2, -0.15) is 8.75 Å². The Labute approximate surface area is 263 Å². The Hall–Kier alpha value is -2.12. The summed E-state index contributed by atoms with van der Waals surface area (Å²) < 4.78 is 20.9. The van der Waals surface area contributed by atoms with Crippen LogP contribution in [0.25, 0.3) is 72.1 Å². The molecule has 8 rings (SSSR count). The summed E-state index contributed by atoms with van der Waals surface area (Å²) in [7, 11) is 0. The zero-order chi connectivity index (χ0) is 28.5. The average molecular weight is 676 g/mol. The van der Waals surface area contributed by atoms with Gasteiger partial charge in [-0.3, -0.25) is 9.59 Å². The molecular weight excluding hydrogens is 656 g/mol. The smallest absolute Gasteiger partial charge is 0.161 e. The highest BCUT2D eigenvalue weighted by Gasteiger charge is 2.31. The van der Waals surface area contributed by atoms with Crippen LogP contribution >= 0.6 is 80.3 Å². The van der Waals surface area contributed by atoms with E-state index in [1.807, 2.05) is 0 Å². The summed E-state index contributed by atoms with van der Waals surface area (Å²) in [6.07, 6.45) is 1.71. The predicted octanol–water partition coefficient (Wildman–Crippen LogP) is 10.7. The number of carbonyl (C=O) groups excluding carboxylic acids is 2. The van der Waals surface area contributed by atoms with Crippen molar-refractivity contribution >= 4 is 165 Å². The molecule has 1 aromatic carbocycles. The first-order valence-corrected chi connectivity index (χ1v) is 17.8. The fraction of sp³-hybridized carbons (Fsp3) is 0.286. The van der Waals surface area contributed by atoms with Gasteiger partial charge in [0.15, 0.2) is 12.6 Å². The van der Waals surface area contributed by atoms with Crippen LogP contribution in [0, 0.1) is 11.8 Å². The number of halogens is 2. The second kappa shape index (κ2) is 9.19. The average Bonchev–Trinajstić information content (AvgIpc) is 3.75. The van der Waals surface area contributed by atoms with Gasteiger partial charge in [0, 0.05) is 23.9 Å². The number of nitrogens with zero attached hydrogens (tertiary/aromatic N) is 4. The first-order valence-electron chi connectivity index (χ1n) is 13.0. The molecule has 0 saturated heterocycles. The highest BCUT2D eigenvalue weighted by atomic mass is 35.5. The van der Waals surface area contributed by atoms with Gasteiger partial charge in [0.2, 0.25) is 0 Å². The highest BCUT2D eigenvalue weighted by Crippen LogP contribution is 2.54. The van der Waals surface area contributed by atoms with Crippen LogP contribution in [-0.4, -0.2) is 30.5 Å². The largest absolute Gasteiger partial charge is 0.337 e. The molecule has 0 amide bonds. The number of fused-ring (bicyclic) bond motifs is 14. The molecule has 0 spiro atoms. The first kappa shape index (κ1) is 26.5. The Bertz CT molecular complexity index is 2240. The number of hydrogen-bond acceptors (Lipinski definition) is 9. The second-order valence-corrected chi connectivity index (χ2v) is 16.5. The van der Waals surface area contributed by atoms with Gasteiger partial charge in [0.05, 0.1) is 81.8 Å². The van der Waals surface area contributed by atoms with Gasteiger partial charge in [-0.1, -0.05) is 50.9 Å². The van der Waals surface area contributed by atoms with Gasteiger partial charge < -0.3 is 9.13 Å². The van der Waals surface area contributed by atoms with Gasteiger partial charge in [-0.25, -0.2) is 0 Å². The van der Waals surface area contributed by atoms with Crippen LogP contribution in [0.2, 0.25) is 10.0 Å². The first-order chi connectivity index (χ1) is 19.7. The van der Waals surface area contributed by atoms with E-state index in [4.69, 9.17) is 31.9 Å². The Morgan fingerprint density at radius 2 is 1.05 bits per heavy atom. The van der Waals surface area contributed by atoms with E-state index >= 15 is 0 Å². The maximum atomic E-state index is 11.8. The van der Waals surface area contributed by atoms with Gasteiger partial charge in [0.25, 0.3) is 0 Å². The third-order valence-corrected chi connectivity index (χ3v) is 14.1. The highest BCUT2D eigenvalue weighted by molar-refractivity contribution is 7.35. The summed E-state index contributed by atoms with van der Waals surface area (Å²) in [5.41, 5.74) is 6.30. The van der Waals surface area contributed by atoms with Crippen LogP contribution in [0.3, 0.4) is 0 Å². The minimum Gasteiger partial charge on any atom is -0.337 e. The normalized spacial score (nSPS) is 13.0. The third-order valence-electron chi connectivity index (χ3n) is 7.44. The van der Waals surface area contributed by atoms with Gasteiger partial charge >= 0.3 is 0 Å². The molecule has 7 aromatic heterocycles. The molecule has 208 valence electrons. The van der Waals surface area contributed by atoms with E-state index in [0.29, 0.717) is 31.6 Å².